The molecule has 0 saturated carbocycles. The molecule has 2 N–H and O–H groups in total. The molecule has 1 aliphatic heterocycles. The summed E-state index contributed by atoms with van der Waals surface area (Å²) in [6.45, 7) is 2.98. The molecule has 1 saturated heterocycles. The topological polar surface area (TPSA) is 72.1 Å². The average Bonchev–Trinajstić information content (AvgIpc) is 2.69. The van der Waals surface area contributed by atoms with Crippen LogP contribution in [0.4, 0.5) is 21.9 Å². The fourth-order valence-electron chi connectivity index (χ4n) is 2.86. The van der Waals surface area contributed by atoms with E-state index in [1.165, 1.54) is 0 Å². The SMILES string of the molecule is COc1ccc(NC(=O)Nc2ccccc2N2CCOCC2)cc1OC. The molecular formula is C19H23N3O4. The third-order valence-electron chi connectivity index (χ3n) is 4.15. The molecule has 2 aromatic rings. The number of rotatable bonds is 5. The van der Waals surface area contributed by atoms with Crippen molar-refractivity contribution in [1.82, 2.24) is 0 Å². The first-order valence-electron chi connectivity index (χ1n) is 8.43. The van der Waals surface area contributed by atoms with E-state index in [2.05, 4.69) is 15.5 Å². The van der Waals surface area contributed by atoms with Gasteiger partial charge >= 0.3 is 6.03 Å². The van der Waals surface area contributed by atoms with Crippen molar-refractivity contribution in [1.29, 1.82) is 0 Å². The fraction of sp³-hybridized carbons (Fsp3) is 0.316. The van der Waals surface area contributed by atoms with Crippen LogP contribution < -0.4 is 25.0 Å². The Bertz CT molecular complexity index is 760. The molecule has 1 fully saturated rings. The number of methoxy groups -OCH3 is 2. The van der Waals surface area contributed by atoms with Crippen molar-refractivity contribution >= 4 is 23.1 Å². The van der Waals surface area contributed by atoms with Crippen molar-refractivity contribution < 1.29 is 19.0 Å². The molecule has 0 spiro atoms. The summed E-state index contributed by atoms with van der Waals surface area (Å²) >= 11 is 0. The van der Waals surface area contributed by atoms with Gasteiger partial charge in [-0.25, -0.2) is 4.79 Å². The van der Waals surface area contributed by atoms with Gasteiger partial charge in [0.25, 0.3) is 0 Å². The molecule has 0 bridgehead atoms. The van der Waals surface area contributed by atoms with Crippen LogP contribution in [0.1, 0.15) is 0 Å². The number of nitrogens with one attached hydrogen (secondary N) is 2. The highest BCUT2D eigenvalue weighted by Crippen LogP contribution is 2.30. The summed E-state index contributed by atoms with van der Waals surface area (Å²) in [6.07, 6.45) is 0. The second kappa shape index (κ2) is 8.44. The van der Waals surface area contributed by atoms with Gasteiger partial charge in [-0.2, -0.15) is 0 Å². The molecule has 1 heterocycles. The van der Waals surface area contributed by atoms with Crippen molar-refractivity contribution in [3.8, 4) is 11.5 Å². The van der Waals surface area contributed by atoms with Crippen LogP contribution in [0.15, 0.2) is 42.5 Å². The summed E-state index contributed by atoms with van der Waals surface area (Å²) in [5.74, 6) is 1.16. The third kappa shape index (κ3) is 4.18. The maximum atomic E-state index is 12.4. The Balaban J connectivity index is 1.70. The minimum atomic E-state index is -0.321. The van der Waals surface area contributed by atoms with Gasteiger partial charge in [0.1, 0.15) is 0 Å². The fourth-order valence-corrected chi connectivity index (χ4v) is 2.86. The Morgan fingerprint density at radius 1 is 1.00 bits per heavy atom. The van der Waals surface area contributed by atoms with Crippen molar-refractivity contribution in [2.75, 3.05) is 56.1 Å². The highest BCUT2D eigenvalue weighted by atomic mass is 16.5. The van der Waals surface area contributed by atoms with E-state index in [1.807, 2.05) is 24.3 Å². The number of morpholine rings is 1. The van der Waals surface area contributed by atoms with E-state index in [-0.39, 0.29) is 6.03 Å². The van der Waals surface area contributed by atoms with Crippen molar-refractivity contribution in [3.05, 3.63) is 42.5 Å². The zero-order valence-corrected chi connectivity index (χ0v) is 15.0. The van der Waals surface area contributed by atoms with Crippen molar-refractivity contribution in [2.24, 2.45) is 0 Å². The lowest BCUT2D eigenvalue weighted by Gasteiger charge is -2.30. The molecule has 0 aromatic heterocycles. The molecule has 2 amide bonds. The smallest absolute Gasteiger partial charge is 0.323 e. The first-order chi connectivity index (χ1) is 12.7. The first-order valence-corrected chi connectivity index (χ1v) is 8.43. The molecular weight excluding hydrogens is 334 g/mol. The number of hydrogen-bond donors (Lipinski definition) is 2. The number of anilines is 3. The largest absolute Gasteiger partial charge is 0.493 e. The van der Waals surface area contributed by atoms with Gasteiger partial charge in [-0.15, -0.1) is 0 Å². The molecule has 26 heavy (non-hydrogen) atoms. The number of ether oxygens (including phenoxy) is 3. The molecule has 0 radical (unpaired) electrons. The van der Waals surface area contributed by atoms with E-state index in [0.29, 0.717) is 30.4 Å². The predicted molar refractivity (Wildman–Crippen MR) is 102 cm³/mol. The van der Waals surface area contributed by atoms with Crippen LogP contribution in [0, 0.1) is 0 Å². The van der Waals surface area contributed by atoms with E-state index in [1.54, 1.807) is 32.4 Å². The van der Waals surface area contributed by atoms with Crippen LogP contribution in [0.2, 0.25) is 0 Å². The zero-order chi connectivity index (χ0) is 18.4. The van der Waals surface area contributed by atoms with Crippen LogP contribution in [0.5, 0.6) is 11.5 Å². The highest BCUT2D eigenvalue weighted by molar-refractivity contribution is 6.02. The van der Waals surface area contributed by atoms with Gasteiger partial charge in [-0.3, -0.25) is 0 Å². The molecule has 138 valence electrons. The van der Waals surface area contributed by atoms with E-state index in [0.717, 1.165) is 24.5 Å². The molecule has 0 unspecified atom stereocenters. The minimum absolute atomic E-state index is 0.321. The Morgan fingerprint density at radius 2 is 1.73 bits per heavy atom. The van der Waals surface area contributed by atoms with Gasteiger partial charge < -0.3 is 29.7 Å². The molecule has 0 atom stereocenters. The number of para-hydroxylation sites is 2. The third-order valence-corrected chi connectivity index (χ3v) is 4.15. The quantitative estimate of drug-likeness (QED) is 0.860. The number of amides is 2. The van der Waals surface area contributed by atoms with Crippen LogP contribution in [-0.4, -0.2) is 46.6 Å². The second-order valence-electron chi connectivity index (χ2n) is 5.77. The number of hydrogen-bond acceptors (Lipinski definition) is 5. The van der Waals surface area contributed by atoms with Gasteiger partial charge in [-0.05, 0) is 24.3 Å². The van der Waals surface area contributed by atoms with Crippen LogP contribution in [0.3, 0.4) is 0 Å². The Labute approximate surface area is 152 Å². The Hall–Kier alpha value is -2.93. The van der Waals surface area contributed by atoms with E-state index >= 15 is 0 Å². The van der Waals surface area contributed by atoms with Gasteiger partial charge in [0.05, 0.1) is 38.8 Å². The number of carbonyl (C=O) groups is 1. The molecule has 7 heteroatoms. The maximum absolute atomic E-state index is 12.4. The first kappa shape index (κ1) is 17.9. The monoisotopic (exact) mass is 357 g/mol. The minimum Gasteiger partial charge on any atom is -0.493 e. The second-order valence-corrected chi connectivity index (χ2v) is 5.77. The lowest BCUT2D eigenvalue weighted by atomic mass is 10.2. The summed E-state index contributed by atoms with van der Waals surface area (Å²) < 4.78 is 15.9. The van der Waals surface area contributed by atoms with E-state index in [9.17, 15) is 4.79 Å². The van der Waals surface area contributed by atoms with E-state index in [4.69, 9.17) is 14.2 Å². The number of carbonyl (C=O) groups excluding carboxylic acids is 1. The summed E-state index contributed by atoms with van der Waals surface area (Å²) in [5, 5.41) is 5.74. The summed E-state index contributed by atoms with van der Waals surface area (Å²) in [6, 6.07) is 12.6. The van der Waals surface area contributed by atoms with Crippen LogP contribution in [-0.2, 0) is 4.74 Å². The molecule has 0 aliphatic carbocycles. The summed E-state index contributed by atoms with van der Waals surface area (Å²) in [4.78, 5) is 14.6. The van der Waals surface area contributed by atoms with E-state index < -0.39 is 0 Å². The standard InChI is InChI=1S/C19H23N3O4/c1-24-17-8-7-14(13-18(17)25-2)20-19(23)21-15-5-3-4-6-16(15)22-9-11-26-12-10-22/h3-8,13H,9-12H2,1-2H3,(H2,20,21,23). The van der Waals surface area contributed by atoms with Crippen molar-refractivity contribution in [3.63, 3.8) is 0 Å². The summed E-state index contributed by atoms with van der Waals surface area (Å²) in [7, 11) is 3.13. The number of benzene rings is 2. The summed E-state index contributed by atoms with van der Waals surface area (Å²) in [5.41, 5.74) is 2.36. The van der Waals surface area contributed by atoms with Gasteiger partial charge in [0, 0.05) is 24.8 Å². The lowest BCUT2D eigenvalue weighted by Crippen LogP contribution is -2.36. The molecule has 2 aromatic carbocycles. The Kier molecular flexibility index (Phi) is 5.80. The zero-order valence-electron chi connectivity index (χ0n) is 15.0. The van der Waals surface area contributed by atoms with Crippen LogP contribution >= 0.6 is 0 Å². The normalized spacial score (nSPS) is 13.8. The predicted octanol–water partition coefficient (Wildman–Crippen LogP) is 3.18. The number of urea groups is 1. The molecule has 1 aliphatic rings. The molecule has 3 rings (SSSR count). The van der Waals surface area contributed by atoms with Gasteiger partial charge in [-0.1, -0.05) is 12.1 Å². The van der Waals surface area contributed by atoms with Gasteiger partial charge in [0.2, 0.25) is 0 Å². The molecule has 7 nitrogen and oxygen atoms in total. The van der Waals surface area contributed by atoms with Gasteiger partial charge in [0.15, 0.2) is 11.5 Å². The average molecular weight is 357 g/mol. The van der Waals surface area contributed by atoms with Crippen molar-refractivity contribution in [2.45, 2.75) is 0 Å². The highest BCUT2D eigenvalue weighted by Gasteiger charge is 2.16. The maximum Gasteiger partial charge on any atom is 0.323 e. The lowest BCUT2D eigenvalue weighted by molar-refractivity contribution is 0.123. The Morgan fingerprint density at radius 3 is 2.46 bits per heavy atom. The number of nitrogens with zero attached hydrogens (tertiary/aromatic N) is 1. The van der Waals surface area contributed by atoms with Crippen LogP contribution in [0.25, 0.3) is 0 Å².